The molecule has 1 radical (unpaired) electrons. The molecule has 5 heteroatoms. The van der Waals surface area contributed by atoms with Crippen LogP contribution in [0.2, 0.25) is 5.31 Å². The van der Waals surface area contributed by atoms with E-state index in [4.69, 9.17) is 5.11 Å². The Kier molecular flexibility index (Phi) is 4.52. The van der Waals surface area contributed by atoms with Gasteiger partial charge < -0.3 is 16.1 Å². The summed E-state index contributed by atoms with van der Waals surface area (Å²) in [6.07, 6.45) is 1.55. The van der Waals surface area contributed by atoms with Crippen molar-refractivity contribution in [3.05, 3.63) is 30.3 Å². The fourth-order valence-electron chi connectivity index (χ4n) is 1.42. The van der Waals surface area contributed by atoms with E-state index < -0.39 is 11.3 Å². The second kappa shape index (κ2) is 4.95. The molecule has 0 amide bonds. The van der Waals surface area contributed by atoms with Gasteiger partial charge in [0.2, 0.25) is 0 Å². The maximum atomic E-state index is 10.9. The molecule has 0 saturated heterocycles. The highest BCUT2D eigenvalue weighted by Crippen LogP contribution is 2.52. The lowest BCUT2D eigenvalue weighted by Gasteiger charge is -2.06. The van der Waals surface area contributed by atoms with Crippen LogP contribution in [0.4, 0.5) is 0 Å². The third-order valence-corrected chi connectivity index (χ3v) is 2.46. The third-order valence-electron chi connectivity index (χ3n) is 2.46. The molecular weight excluding hydrogens is 195 g/mol. The van der Waals surface area contributed by atoms with E-state index in [9.17, 15) is 4.79 Å². The number of carboxylic acids is 1. The zero-order chi connectivity index (χ0) is 9.31. The average molecular weight is 209 g/mol. The van der Waals surface area contributed by atoms with Gasteiger partial charge in [-0.15, -0.1) is 0 Å². The normalized spacial score (nSPS) is 15.5. The SMILES string of the molecule is O.O.O=C(O)C1([B]c2ccccc2)CC1. The van der Waals surface area contributed by atoms with Crippen LogP contribution in [0, 0.1) is 0 Å². The van der Waals surface area contributed by atoms with Crippen molar-refractivity contribution in [1.29, 1.82) is 0 Å². The van der Waals surface area contributed by atoms with Gasteiger partial charge in [-0.2, -0.15) is 0 Å². The number of aliphatic carboxylic acids is 1. The van der Waals surface area contributed by atoms with Crippen molar-refractivity contribution in [3.8, 4) is 0 Å². The lowest BCUT2D eigenvalue weighted by atomic mass is 9.56. The van der Waals surface area contributed by atoms with E-state index >= 15 is 0 Å². The monoisotopic (exact) mass is 209 g/mol. The minimum absolute atomic E-state index is 0. The van der Waals surface area contributed by atoms with E-state index in [-0.39, 0.29) is 11.0 Å². The Balaban J connectivity index is 0.000000980. The second-order valence-electron chi connectivity index (χ2n) is 3.52. The van der Waals surface area contributed by atoms with Crippen LogP contribution in [0.25, 0.3) is 0 Å². The lowest BCUT2D eigenvalue weighted by molar-refractivity contribution is -0.137. The van der Waals surface area contributed by atoms with E-state index in [1.54, 1.807) is 0 Å². The van der Waals surface area contributed by atoms with Gasteiger partial charge in [0.15, 0.2) is 7.28 Å². The van der Waals surface area contributed by atoms with Crippen LogP contribution < -0.4 is 5.46 Å². The summed E-state index contributed by atoms with van der Waals surface area (Å²) >= 11 is 0. The maximum absolute atomic E-state index is 10.9. The highest BCUT2D eigenvalue weighted by Gasteiger charge is 2.50. The van der Waals surface area contributed by atoms with Crippen LogP contribution in [0.1, 0.15) is 12.8 Å². The molecular formula is C10H14BO4. The average Bonchev–Trinajstić information content (AvgIpc) is 2.87. The van der Waals surface area contributed by atoms with Crippen LogP contribution in [0.15, 0.2) is 30.3 Å². The van der Waals surface area contributed by atoms with Crippen molar-refractivity contribution in [3.63, 3.8) is 0 Å². The van der Waals surface area contributed by atoms with Gasteiger partial charge in [-0.3, -0.25) is 4.79 Å². The molecule has 1 saturated carbocycles. The molecule has 4 nitrogen and oxygen atoms in total. The summed E-state index contributed by atoms with van der Waals surface area (Å²) in [5.41, 5.74) is 1.00. The van der Waals surface area contributed by atoms with Gasteiger partial charge in [0.1, 0.15) is 0 Å². The summed E-state index contributed by atoms with van der Waals surface area (Å²) in [5, 5.41) is 8.38. The summed E-state index contributed by atoms with van der Waals surface area (Å²) in [4.78, 5) is 10.9. The molecule has 2 rings (SSSR count). The van der Waals surface area contributed by atoms with E-state index in [2.05, 4.69) is 0 Å². The number of benzene rings is 1. The first kappa shape index (κ1) is 13.7. The minimum atomic E-state index is -0.698. The van der Waals surface area contributed by atoms with Gasteiger partial charge in [-0.1, -0.05) is 35.8 Å². The Labute approximate surface area is 88.8 Å². The Hall–Kier alpha value is -1.33. The van der Waals surface area contributed by atoms with Crippen LogP contribution in [-0.2, 0) is 4.79 Å². The summed E-state index contributed by atoms with van der Waals surface area (Å²) in [6.45, 7) is 0. The molecule has 5 N–H and O–H groups in total. The molecule has 0 aromatic heterocycles. The standard InChI is InChI=1S/C10H10BO2.2H2O/c12-9(13)10(6-7-10)11-8-4-2-1-3-5-8;;/h1-5H,6-7H2,(H,12,13);2*1H2. The molecule has 0 heterocycles. The van der Waals surface area contributed by atoms with Gasteiger partial charge >= 0.3 is 5.97 Å². The highest BCUT2D eigenvalue weighted by molar-refractivity contribution is 6.62. The molecule has 1 aromatic carbocycles. The van der Waals surface area contributed by atoms with Gasteiger partial charge in [-0.05, 0) is 12.8 Å². The molecule has 81 valence electrons. The van der Waals surface area contributed by atoms with E-state index in [0.717, 1.165) is 18.3 Å². The first-order chi connectivity index (χ1) is 6.23. The predicted octanol–water partition coefficient (Wildman–Crippen LogP) is -0.596. The van der Waals surface area contributed by atoms with Crippen molar-refractivity contribution in [2.75, 3.05) is 0 Å². The fourth-order valence-corrected chi connectivity index (χ4v) is 1.42. The van der Waals surface area contributed by atoms with E-state index in [1.807, 2.05) is 37.6 Å². The first-order valence-corrected chi connectivity index (χ1v) is 4.37. The Morgan fingerprint density at radius 3 is 2.13 bits per heavy atom. The van der Waals surface area contributed by atoms with Crippen LogP contribution in [0.3, 0.4) is 0 Å². The lowest BCUT2D eigenvalue weighted by Crippen LogP contribution is -2.25. The molecule has 0 unspecified atom stereocenters. The van der Waals surface area contributed by atoms with Crippen molar-refractivity contribution in [2.24, 2.45) is 0 Å². The number of rotatable bonds is 3. The van der Waals surface area contributed by atoms with Crippen molar-refractivity contribution >= 4 is 18.7 Å². The Bertz CT molecular complexity index is 321. The number of carboxylic acid groups (broad SMARTS) is 1. The van der Waals surface area contributed by atoms with Crippen molar-refractivity contribution in [1.82, 2.24) is 0 Å². The smallest absolute Gasteiger partial charge is 0.301 e. The highest BCUT2D eigenvalue weighted by atomic mass is 16.4. The van der Waals surface area contributed by atoms with E-state index in [1.165, 1.54) is 0 Å². The van der Waals surface area contributed by atoms with Gasteiger partial charge in [-0.25, -0.2) is 0 Å². The fraction of sp³-hybridized carbons (Fsp3) is 0.300. The molecule has 0 atom stereocenters. The van der Waals surface area contributed by atoms with Crippen molar-refractivity contribution in [2.45, 2.75) is 18.2 Å². The summed E-state index contributed by atoms with van der Waals surface area (Å²) in [7, 11) is 1.86. The molecule has 1 aliphatic rings. The number of hydrogen-bond donors (Lipinski definition) is 1. The summed E-state index contributed by atoms with van der Waals surface area (Å²) < 4.78 is 0. The van der Waals surface area contributed by atoms with E-state index in [0.29, 0.717) is 0 Å². The number of carbonyl (C=O) groups is 1. The summed E-state index contributed by atoms with van der Waals surface area (Å²) in [5.74, 6) is -0.698. The molecule has 0 aliphatic heterocycles. The van der Waals surface area contributed by atoms with Crippen molar-refractivity contribution < 1.29 is 20.9 Å². The third kappa shape index (κ3) is 2.81. The predicted molar refractivity (Wildman–Crippen MR) is 58.6 cm³/mol. The van der Waals surface area contributed by atoms with Gasteiger partial charge in [0.25, 0.3) is 0 Å². The Morgan fingerprint density at radius 2 is 1.73 bits per heavy atom. The molecule has 15 heavy (non-hydrogen) atoms. The largest absolute Gasteiger partial charge is 0.481 e. The molecule has 0 spiro atoms. The zero-order valence-corrected chi connectivity index (χ0v) is 8.23. The molecule has 0 bridgehead atoms. The second-order valence-corrected chi connectivity index (χ2v) is 3.52. The quantitative estimate of drug-likeness (QED) is 0.672. The van der Waals surface area contributed by atoms with Crippen LogP contribution in [0.5, 0.6) is 0 Å². The molecule has 1 fully saturated rings. The van der Waals surface area contributed by atoms with Crippen LogP contribution in [-0.4, -0.2) is 29.3 Å². The summed E-state index contributed by atoms with van der Waals surface area (Å²) in [6, 6.07) is 9.64. The minimum Gasteiger partial charge on any atom is -0.481 e. The number of hydrogen-bond acceptors (Lipinski definition) is 1. The van der Waals surface area contributed by atoms with Gasteiger partial charge in [0.05, 0.1) is 0 Å². The molecule has 1 aliphatic carbocycles. The van der Waals surface area contributed by atoms with Gasteiger partial charge in [0, 0.05) is 5.31 Å². The zero-order valence-electron chi connectivity index (χ0n) is 8.23. The van der Waals surface area contributed by atoms with Crippen LogP contribution >= 0.6 is 0 Å². The first-order valence-electron chi connectivity index (χ1n) is 4.37. The molecule has 1 aromatic rings. The maximum Gasteiger partial charge on any atom is 0.301 e. The topological polar surface area (TPSA) is 100 Å². The Morgan fingerprint density at radius 1 is 1.20 bits per heavy atom.